The van der Waals surface area contributed by atoms with Crippen LogP contribution in [0.25, 0.3) is 0 Å². The van der Waals surface area contributed by atoms with Gasteiger partial charge in [-0.25, -0.2) is 10.2 Å². The van der Waals surface area contributed by atoms with Gasteiger partial charge in [-0.05, 0) is 43.3 Å². The second-order valence-electron chi connectivity index (χ2n) is 6.98. The van der Waals surface area contributed by atoms with Crippen LogP contribution in [-0.4, -0.2) is 29.8 Å². The van der Waals surface area contributed by atoms with E-state index in [1.807, 2.05) is 6.92 Å². The molecule has 0 fully saturated rings. The molecule has 0 spiro atoms. The molecule has 10 nitrogen and oxygen atoms in total. The van der Waals surface area contributed by atoms with Crippen molar-refractivity contribution in [3.8, 4) is 17.2 Å². The van der Waals surface area contributed by atoms with Gasteiger partial charge in [0.25, 0.3) is 5.91 Å². The standard InChI is InChI=1S/C23H17N3O7/c1-14-5-7-15(8-6-14)22(27)25-24-12-17-3-2-4-18(26(29)30)21(17)33-23(28)16-9-10-19-20(11-16)32-13-31-19/h2-12H,13H2,1H3,(H,25,27)/b24-12-. The van der Waals surface area contributed by atoms with Gasteiger partial charge in [0.1, 0.15) is 0 Å². The number of hydrogen-bond donors (Lipinski definition) is 1. The summed E-state index contributed by atoms with van der Waals surface area (Å²) < 4.78 is 15.8. The second kappa shape index (κ2) is 9.18. The highest BCUT2D eigenvalue weighted by atomic mass is 16.7. The van der Waals surface area contributed by atoms with Crippen LogP contribution in [0.5, 0.6) is 17.2 Å². The zero-order valence-corrected chi connectivity index (χ0v) is 17.3. The molecule has 1 heterocycles. The molecule has 0 aliphatic carbocycles. The highest BCUT2D eigenvalue weighted by Gasteiger charge is 2.24. The van der Waals surface area contributed by atoms with Crippen LogP contribution in [0, 0.1) is 17.0 Å². The molecule has 33 heavy (non-hydrogen) atoms. The minimum Gasteiger partial charge on any atom is -0.454 e. The number of ether oxygens (including phenoxy) is 3. The molecule has 1 aliphatic rings. The van der Waals surface area contributed by atoms with Gasteiger partial charge in [-0.1, -0.05) is 23.8 Å². The Hall–Kier alpha value is -4.73. The Kier molecular flexibility index (Phi) is 5.98. The van der Waals surface area contributed by atoms with Gasteiger partial charge in [-0.2, -0.15) is 5.10 Å². The van der Waals surface area contributed by atoms with Gasteiger partial charge in [-0.15, -0.1) is 0 Å². The molecule has 0 radical (unpaired) electrons. The molecule has 166 valence electrons. The van der Waals surface area contributed by atoms with E-state index in [0.29, 0.717) is 17.1 Å². The fourth-order valence-corrected chi connectivity index (χ4v) is 3.00. The maximum Gasteiger partial charge on any atom is 0.343 e. The number of para-hydroxylation sites is 1. The van der Waals surface area contributed by atoms with Crippen LogP contribution >= 0.6 is 0 Å². The molecule has 1 amide bonds. The van der Waals surface area contributed by atoms with E-state index in [4.69, 9.17) is 14.2 Å². The number of fused-ring (bicyclic) bond motifs is 1. The van der Waals surface area contributed by atoms with Crippen molar-refractivity contribution in [2.75, 3.05) is 6.79 Å². The lowest BCUT2D eigenvalue weighted by Crippen LogP contribution is -2.17. The van der Waals surface area contributed by atoms with Crippen LogP contribution in [0.2, 0.25) is 0 Å². The van der Waals surface area contributed by atoms with E-state index in [2.05, 4.69) is 10.5 Å². The fourth-order valence-electron chi connectivity index (χ4n) is 3.00. The third-order valence-electron chi connectivity index (χ3n) is 4.71. The number of esters is 1. The van der Waals surface area contributed by atoms with E-state index >= 15 is 0 Å². The minimum absolute atomic E-state index is 0.0346. The largest absolute Gasteiger partial charge is 0.454 e. The maximum atomic E-state index is 12.7. The lowest BCUT2D eigenvalue weighted by atomic mass is 10.1. The molecule has 0 unspecified atom stereocenters. The van der Waals surface area contributed by atoms with Crippen molar-refractivity contribution in [1.82, 2.24) is 5.43 Å². The van der Waals surface area contributed by atoms with Gasteiger partial charge in [0.05, 0.1) is 16.7 Å². The van der Waals surface area contributed by atoms with Gasteiger partial charge in [0.15, 0.2) is 11.5 Å². The van der Waals surface area contributed by atoms with E-state index in [9.17, 15) is 19.7 Å². The molecule has 1 aliphatic heterocycles. The maximum absolute atomic E-state index is 12.7. The number of hydrogen-bond acceptors (Lipinski definition) is 8. The predicted molar refractivity (Wildman–Crippen MR) is 117 cm³/mol. The van der Waals surface area contributed by atoms with E-state index in [0.717, 1.165) is 5.56 Å². The molecule has 3 aromatic carbocycles. The average molecular weight is 447 g/mol. The number of carbonyl (C=O) groups excluding carboxylic acids is 2. The quantitative estimate of drug-likeness (QED) is 0.201. The molecule has 0 bridgehead atoms. The first-order valence-electron chi connectivity index (χ1n) is 9.71. The lowest BCUT2D eigenvalue weighted by molar-refractivity contribution is -0.385. The number of aryl methyl sites for hydroxylation is 1. The van der Waals surface area contributed by atoms with Crippen molar-refractivity contribution in [3.63, 3.8) is 0 Å². The Balaban J connectivity index is 1.56. The first kappa shape index (κ1) is 21.5. The van der Waals surface area contributed by atoms with Crippen LogP contribution in [0.15, 0.2) is 65.8 Å². The molecule has 3 aromatic rings. The Bertz CT molecular complexity index is 1270. The van der Waals surface area contributed by atoms with Gasteiger partial charge < -0.3 is 14.2 Å². The van der Waals surface area contributed by atoms with Crippen molar-refractivity contribution in [3.05, 3.63) is 93.0 Å². The number of hydrazone groups is 1. The molecule has 0 saturated heterocycles. The van der Waals surface area contributed by atoms with Crippen LogP contribution in [0.3, 0.4) is 0 Å². The second-order valence-corrected chi connectivity index (χ2v) is 6.98. The molecule has 1 N–H and O–H groups in total. The summed E-state index contributed by atoms with van der Waals surface area (Å²) in [5.41, 5.74) is 3.55. The van der Waals surface area contributed by atoms with E-state index in [-0.39, 0.29) is 23.7 Å². The first-order chi connectivity index (χ1) is 15.9. The van der Waals surface area contributed by atoms with E-state index in [1.165, 1.54) is 36.5 Å². The fraction of sp³-hybridized carbons (Fsp3) is 0.0870. The summed E-state index contributed by atoms with van der Waals surface area (Å²) in [6, 6.07) is 15.4. The SMILES string of the molecule is Cc1ccc(C(=O)N/N=C\c2cccc([N+](=O)[O-])c2OC(=O)c2ccc3c(c2)OCO3)cc1. The number of nitro groups is 1. The monoisotopic (exact) mass is 447 g/mol. The number of carbonyl (C=O) groups is 2. The number of rotatable bonds is 6. The predicted octanol–water partition coefficient (Wildman–Crippen LogP) is 3.62. The Labute approximate surface area is 187 Å². The highest BCUT2D eigenvalue weighted by molar-refractivity contribution is 5.97. The molecular formula is C23H17N3O7. The van der Waals surface area contributed by atoms with Gasteiger partial charge in [0, 0.05) is 17.2 Å². The molecular weight excluding hydrogens is 430 g/mol. The first-order valence-corrected chi connectivity index (χ1v) is 9.71. The Morgan fingerprint density at radius 1 is 1.06 bits per heavy atom. The zero-order chi connectivity index (χ0) is 23.4. The summed E-state index contributed by atoms with van der Waals surface area (Å²) in [7, 11) is 0. The topological polar surface area (TPSA) is 129 Å². The van der Waals surface area contributed by atoms with Crippen molar-refractivity contribution >= 4 is 23.8 Å². The van der Waals surface area contributed by atoms with Crippen LogP contribution in [0.1, 0.15) is 31.8 Å². The third-order valence-corrected chi connectivity index (χ3v) is 4.71. The van der Waals surface area contributed by atoms with Crippen molar-refractivity contribution in [2.45, 2.75) is 6.92 Å². The number of nitrogens with zero attached hydrogens (tertiary/aromatic N) is 2. The van der Waals surface area contributed by atoms with Crippen LogP contribution in [-0.2, 0) is 0 Å². The summed E-state index contributed by atoms with van der Waals surface area (Å²) in [5, 5.41) is 15.4. The zero-order valence-electron chi connectivity index (χ0n) is 17.3. The lowest BCUT2D eigenvalue weighted by Gasteiger charge is -2.08. The summed E-state index contributed by atoms with van der Waals surface area (Å²) in [6.07, 6.45) is 1.17. The minimum atomic E-state index is -0.832. The highest BCUT2D eigenvalue weighted by Crippen LogP contribution is 2.34. The average Bonchev–Trinajstić information content (AvgIpc) is 3.28. The summed E-state index contributed by atoms with van der Waals surface area (Å²) in [6.45, 7) is 1.93. The van der Waals surface area contributed by atoms with Gasteiger partial charge in [-0.3, -0.25) is 14.9 Å². The Morgan fingerprint density at radius 3 is 2.55 bits per heavy atom. The molecule has 0 atom stereocenters. The smallest absolute Gasteiger partial charge is 0.343 e. The third kappa shape index (κ3) is 4.79. The summed E-state index contributed by atoms with van der Waals surface area (Å²) >= 11 is 0. The molecule has 0 saturated carbocycles. The van der Waals surface area contributed by atoms with Crippen LogP contribution in [0.4, 0.5) is 5.69 Å². The van der Waals surface area contributed by atoms with E-state index < -0.39 is 22.5 Å². The van der Waals surface area contributed by atoms with E-state index in [1.54, 1.807) is 30.3 Å². The van der Waals surface area contributed by atoms with Crippen molar-refractivity contribution in [1.29, 1.82) is 0 Å². The van der Waals surface area contributed by atoms with Crippen molar-refractivity contribution in [2.24, 2.45) is 5.10 Å². The molecule has 4 rings (SSSR count). The van der Waals surface area contributed by atoms with Gasteiger partial charge in [0.2, 0.25) is 12.5 Å². The number of nitro benzene ring substituents is 1. The molecule has 0 aromatic heterocycles. The van der Waals surface area contributed by atoms with Crippen molar-refractivity contribution < 1.29 is 28.7 Å². The summed E-state index contributed by atoms with van der Waals surface area (Å²) in [5.74, 6) is -0.753. The summed E-state index contributed by atoms with van der Waals surface area (Å²) in [4.78, 5) is 35.7. The number of nitrogens with one attached hydrogen (secondary N) is 1. The number of amides is 1. The Morgan fingerprint density at radius 2 is 1.79 bits per heavy atom. The normalized spacial score (nSPS) is 11.9. The van der Waals surface area contributed by atoms with Gasteiger partial charge >= 0.3 is 11.7 Å². The molecule has 10 heteroatoms. The number of benzene rings is 3. The van der Waals surface area contributed by atoms with Crippen LogP contribution < -0.4 is 19.6 Å².